The number of allylic oxidation sites excluding steroid dienone is 1. The molecule has 16 heavy (non-hydrogen) atoms. The van der Waals surface area contributed by atoms with E-state index < -0.39 is 17.9 Å². The third kappa shape index (κ3) is 4.93. The number of hydrogen-bond donors (Lipinski definition) is 1. The van der Waals surface area contributed by atoms with Gasteiger partial charge in [0.25, 0.3) is 5.91 Å². The van der Waals surface area contributed by atoms with Gasteiger partial charge in [-0.05, 0) is 19.8 Å². The van der Waals surface area contributed by atoms with E-state index in [0.29, 0.717) is 6.54 Å². The van der Waals surface area contributed by atoms with Crippen molar-refractivity contribution < 1.29 is 14.3 Å². The number of nitrogens with two attached hydrogens (primary N) is 1. The van der Waals surface area contributed by atoms with Crippen LogP contribution in [0.15, 0.2) is 12.7 Å². The molecular weight excluding hydrogens is 208 g/mol. The Morgan fingerprint density at radius 2 is 2.19 bits per heavy atom. The van der Waals surface area contributed by atoms with Crippen LogP contribution in [0, 0.1) is 0 Å². The minimum absolute atomic E-state index is 0.222. The molecule has 0 aliphatic carbocycles. The number of esters is 1. The molecule has 1 atom stereocenters. The molecule has 0 aliphatic rings. The van der Waals surface area contributed by atoms with Crippen molar-refractivity contribution in [3.05, 3.63) is 12.7 Å². The van der Waals surface area contributed by atoms with Crippen molar-refractivity contribution in [1.82, 2.24) is 4.90 Å². The fourth-order valence-electron chi connectivity index (χ4n) is 1.15. The summed E-state index contributed by atoms with van der Waals surface area (Å²) in [4.78, 5) is 24.3. The number of hydrogen-bond acceptors (Lipinski definition) is 4. The Labute approximate surface area is 96.2 Å². The van der Waals surface area contributed by atoms with Gasteiger partial charge in [-0.3, -0.25) is 4.79 Å². The molecule has 0 fully saturated rings. The first kappa shape index (κ1) is 14.6. The summed E-state index contributed by atoms with van der Waals surface area (Å²) >= 11 is 0. The second-order valence-corrected chi connectivity index (χ2v) is 3.42. The van der Waals surface area contributed by atoms with Crippen molar-refractivity contribution >= 4 is 11.9 Å². The highest BCUT2D eigenvalue weighted by atomic mass is 16.5. The van der Waals surface area contributed by atoms with Crippen LogP contribution in [-0.4, -0.2) is 43.0 Å². The van der Waals surface area contributed by atoms with E-state index in [1.807, 2.05) is 0 Å². The van der Waals surface area contributed by atoms with Crippen LogP contribution in [0.1, 0.15) is 19.8 Å². The van der Waals surface area contributed by atoms with Crippen molar-refractivity contribution in [3.63, 3.8) is 0 Å². The third-order valence-corrected chi connectivity index (χ3v) is 2.08. The van der Waals surface area contributed by atoms with Crippen LogP contribution in [0.4, 0.5) is 0 Å². The average molecular weight is 228 g/mol. The summed E-state index contributed by atoms with van der Waals surface area (Å²) in [5.74, 6) is -1.09. The summed E-state index contributed by atoms with van der Waals surface area (Å²) in [5, 5.41) is 0. The fourth-order valence-corrected chi connectivity index (χ4v) is 1.15. The second-order valence-electron chi connectivity index (χ2n) is 3.42. The van der Waals surface area contributed by atoms with E-state index in [1.54, 1.807) is 20.0 Å². The molecule has 0 bridgehead atoms. The Morgan fingerprint density at radius 1 is 1.56 bits per heavy atom. The van der Waals surface area contributed by atoms with Gasteiger partial charge in [0.05, 0.1) is 6.61 Å². The van der Waals surface area contributed by atoms with Crippen LogP contribution in [0.5, 0.6) is 0 Å². The highest BCUT2D eigenvalue weighted by molar-refractivity contribution is 6.01. The van der Waals surface area contributed by atoms with Gasteiger partial charge in [-0.2, -0.15) is 0 Å². The number of carbonyl (C=O) groups excluding carboxylic acids is 2. The smallest absolute Gasteiger partial charge is 0.332 e. The predicted molar refractivity (Wildman–Crippen MR) is 61.7 cm³/mol. The van der Waals surface area contributed by atoms with Gasteiger partial charge in [0.1, 0.15) is 0 Å². The molecule has 2 N–H and O–H groups in total. The number of rotatable bonds is 7. The molecule has 5 nitrogen and oxygen atoms in total. The SMILES string of the molecule is C=CCCCN(C)C(=O)C(N)C(=O)OCC. The highest BCUT2D eigenvalue weighted by Crippen LogP contribution is 1.97. The van der Waals surface area contributed by atoms with E-state index in [2.05, 4.69) is 11.3 Å². The van der Waals surface area contributed by atoms with Crippen LogP contribution < -0.4 is 5.73 Å². The lowest BCUT2D eigenvalue weighted by Crippen LogP contribution is -2.47. The van der Waals surface area contributed by atoms with Crippen molar-refractivity contribution in [2.45, 2.75) is 25.8 Å². The summed E-state index contributed by atoms with van der Waals surface area (Å²) in [5.41, 5.74) is 5.47. The molecule has 0 aromatic heterocycles. The molecule has 0 aromatic rings. The third-order valence-electron chi connectivity index (χ3n) is 2.08. The molecule has 0 spiro atoms. The second kappa shape index (κ2) is 7.87. The van der Waals surface area contributed by atoms with E-state index in [0.717, 1.165) is 12.8 Å². The first-order valence-electron chi connectivity index (χ1n) is 5.32. The van der Waals surface area contributed by atoms with Crippen molar-refractivity contribution in [1.29, 1.82) is 0 Å². The summed E-state index contributed by atoms with van der Waals surface area (Å²) in [6, 6.07) is -1.21. The van der Waals surface area contributed by atoms with Crippen LogP contribution in [0.3, 0.4) is 0 Å². The molecule has 0 saturated carbocycles. The van der Waals surface area contributed by atoms with E-state index in [-0.39, 0.29) is 6.61 Å². The maximum absolute atomic E-state index is 11.6. The molecule has 92 valence electrons. The van der Waals surface area contributed by atoms with E-state index in [1.165, 1.54) is 4.90 Å². The predicted octanol–water partition coefficient (Wildman–Crippen LogP) is 0.301. The lowest BCUT2D eigenvalue weighted by Gasteiger charge is -2.19. The monoisotopic (exact) mass is 228 g/mol. The molecule has 0 radical (unpaired) electrons. The molecule has 0 rings (SSSR count). The Kier molecular flexibility index (Phi) is 7.20. The zero-order valence-electron chi connectivity index (χ0n) is 9.94. The van der Waals surface area contributed by atoms with Gasteiger partial charge in [-0.25, -0.2) is 4.79 Å². The molecule has 0 heterocycles. The number of unbranched alkanes of at least 4 members (excludes halogenated alkanes) is 1. The molecule has 5 heteroatoms. The van der Waals surface area contributed by atoms with E-state index >= 15 is 0 Å². The Balaban J connectivity index is 4.10. The number of nitrogens with zero attached hydrogens (tertiary/aromatic N) is 1. The minimum atomic E-state index is -1.21. The molecule has 0 saturated heterocycles. The summed E-state index contributed by atoms with van der Waals surface area (Å²) in [7, 11) is 1.62. The Morgan fingerprint density at radius 3 is 2.69 bits per heavy atom. The van der Waals surface area contributed by atoms with Gasteiger partial charge < -0.3 is 15.4 Å². The first-order valence-corrected chi connectivity index (χ1v) is 5.32. The van der Waals surface area contributed by atoms with Gasteiger partial charge in [0.15, 0.2) is 6.04 Å². The van der Waals surface area contributed by atoms with Gasteiger partial charge in [0, 0.05) is 13.6 Å². The molecule has 0 aliphatic heterocycles. The lowest BCUT2D eigenvalue weighted by atomic mass is 10.2. The van der Waals surface area contributed by atoms with Crippen LogP contribution in [0.2, 0.25) is 0 Å². The largest absolute Gasteiger partial charge is 0.464 e. The van der Waals surface area contributed by atoms with Crippen LogP contribution in [0.25, 0.3) is 0 Å². The number of carbonyl (C=O) groups is 2. The molecule has 0 aromatic carbocycles. The summed E-state index contributed by atoms with van der Waals surface area (Å²) < 4.78 is 4.67. The molecule has 1 amide bonds. The standard InChI is InChI=1S/C11H20N2O3/c1-4-6-7-8-13(3)10(14)9(12)11(15)16-5-2/h4,9H,1,5-8,12H2,2-3H3. The maximum atomic E-state index is 11.6. The fraction of sp³-hybridized carbons (Fsp3) is 0.636. The molecule has 1 unspecified atom stereocenters. The Bertz CT molecular complexity index is 254. The average Bonchev–Trinajstić information content (AvgIpc) is 2.27. The lowest BCUT2D eigenvalue weighted by molar-refractivity contribution is -0.150. The van der Waals surface area contributed by atoms with Crippen molar-refractivity contribution in [2.24, 2.45) is 5.73 Å². The first-order chi connectivity index (χ1) is 7.54. The minimum Gasteiger partial charge on any atom is -0.464 e. The number of likely N-dealkylation sites (N-methyl/N-ethyl adjacent to an activating group) is 1. The van der Waals surface area contributed by atoms with Gasteiger partial charge in [0.2, 0.25) is 0 Å². The molecular formula is C11H20N2O3. The quantitative estimate of drug-likeness (QED) is 0.294. The highest BCUT2D eigenvalue weighted by Gasteiger charge is 2.25. The summed E-state index contributed by atoms with van der Waals surface area (Å²) in [6.45, 7) is 6.03. The topological polar surface area (TPSA) is 72.6 Å². The zero-order chi connectivity index (χ0) is 12.6. The van der Waals surface area contributed by atoms with Gasteiger partial charge in [-0.1, -0.05) is 6.08 Å². The van der Waals surface area contributed by atoms with Crippen LogP contribution >= 0.6 is 0 Å². The van der Waals surface area contributed by atoms with Gasteiger partial charge >= 0.3 is 5.97 Å². The normalized spacial score (nSPS) is 11.7. The zero-order valence-corrected chi connectivity index (χ0v) is 9.94. The van der Waals surface area contributed by atoms with E-state index in [4.69, 9.17) is 5.73 Å². The summed E-state index contributed by atoms with van der Waals surface area (Å²) in [6.07, 6.45) is 3.41. The maximum Gasteiger partial charge on any atom is 0.332 e. The van der Waals surface area contributed by atoms with Crippen molar-refractivity contribution in [3.8, 4) is 0 Å². The Hall–Kier alpha value is -1.36. The van der Waals surface area contributed by atoms with Gasteiger partial charge in [-0.15, -0.1) is 6.58 Å². The van der Waals surface area contributed by atoms with Crippen molar-refractivity contribution in [2.75, 3.05) is 20.2 Å². The number of ether oxygens (including phenoxy) is 1. The van der Waals surface area contributed by atoms with E-state index in [9.17, 15) is 9.59 Å². The number of amides is 1. The van der Waals surface area contributed by atoms with Crippen LogP contribution in [-0.2, 0) is 14.3 Å².